The fourth-order valence-corrected chi connectivity index (χ4v) is 2.81. The van der Waals surface area contributed by atoms with Gasteiger partial charge in [0.25, 0.3) is 10.0 Å². The van der Waals surface area contributed by atoms with Crippen LogP contribution in [0.25, 0.3) is 0 Å². The first kappa shape index (κ1) is 15.4. The number of nitrogens with one attached hydrogen (secondary N) is 1. The second kappa shape index (κ2) is 6.53. The molecule has 19 heavy (non-hydrogen) atoms. The number of nitrogens with two attached hydrogens (primary N) is 1. The number of sulfonamides is 1. The number of esters is 1. The minimum atomic E-state index is -3.72. The van der Waals surface area contributed by atoms with E-state index in [1.165, 1.54) is 17.9 Å². The SMILES string of the molecule is CCOC(=O)CCCNS(=O)(=O)c1c(N)ncn1C. The predicted octanol–water partition coefficient (Wildman–Crippen LogP) is -0.376. The topological polar surface area (TPSA) is 116 Å². The van der Waals surface area contributed by atoms with E-state index in [-0.39, 0.29) is 29.8 Å². The molecule has 0 aliphatic carbocycles. The summed E-state index contributed by atoms with van der Waals surface area (Å²) >= 11 is 0. The molecule has 0 radical (unpaired) electrons. The minimum absolute atomic E-state index is 0.0552. The van der Waals surface area contributed by atoms with Gasteiger partial charge >= 0.3 is 5.97 Å². The molecule has 1 aromatic rings. The molecule has 0 amide bonds. The number of hydrogen-bond donors (Lipinski definition) is 2. The summed E-state index contributed by atoms with van der Waals surface area (Å²) in [5.74, 6) is -0.401. The van der Waals surface area contributed by atoms with Crippen molar-refractivity contribution >= 4 is 21.8 Å². The second-order valence-corrected chi connectivity index (χ2v) is 5.53. The van der Waals surface area contributed by atoms with Crippen LogP contribution < -0.4 is 10.5 Å². The van der Waals surface area contributed by atoms with Crippen LogP contribution in [0.5, 0.6) is 0 Å². The van der Waals surface area contributed by atoms with Crippen molar-refractivity contribution < 1.29 is 17.9 Å². The molecule has 9 heteroatoms. The average Bonchev–Trinajstić information content (AvgIpc) is 2.65. The van der Waals surface area contributed by atoms with Crippen molar-refractivity contribution in [2.24, 2.45) is 7.05 Å². The van der Waals surface area contributed by atoms with Gasteiger partial charge in [0.05, 0.1) is 12.9 Å². The Bertz CT molecular complexity index is 518. The zero-order valence-corrected chi connectivity index (χ0v) is 11.7. The van der Waals surface area contributed by atoms with Gasteiger partial charge in [-0.15, -0.1) is 0 Å². The lowest BCUT2D eigenvalue weighted by Gasteiger charge is -2.07. The number of carbonyl (C=O) groups is 1. The minimum Gasteiger partial charge on any atom is -0.466 e. The lowest BCUT2D eigenvalue weighted by molar-refractivity contribution is -0.143. The van der Waals surface area contributed by atoms with E-state index in [9.17, 15) is 13.2 Å². The molecule has 0 aliphatic rings. The molecule has 0 aliphatic heterocycles. The van der Waals surface area contributed by atoms with Gasteiger partial charge in [-0.2, -0.15) is 0 Å². The highest BCUT2D eigenvalue weighted by atomic mass is 32.2. The van der Waals surface area contributed by atoms with Gasteiger partial charge in [-0.3, -0.25) is 4.79 Å². The zero-order valence-electron chi connectivity index (χ0n) is 10.9. The number of hydrogen-bond acceptors (Lipinski definition) is 6. The van der Waals surface area contributed by atoms with E-state index in [0.29, 0.717) is 13.0 Å². The molecule has 108 valence electrons. The molecule has 0 saturated carbocycles. The number of aryl methyl sites for hydroxylation is 1. The fourth-order valence-electron chi connectivity index (χ4n) is 1.51. The van der Waals surface area contributed by atoms with Crippen LogP contribution in [-0.2, 0) is 26.6 Å². The summed E-state index contributed by atoms with van der Waals surface area (Å²) in [5.41, 5.74) is 5.49. The van der Waals surface area contributed by atoms with Crippen LogP contribution in [0.15, 0.2) is 11.4 Å². The Kier molecular flexibility index (Phi) is 5.31. The number of ether oxygens (including phenoxy) is 1. The maximum atomic E-state index is 11.9. The van der Waals surface area contributed by atoms with Crippen LogP contribution in [0.1, 0.15) is 19.8 Å². The van der Waals surface area contributed by atoms with Crippen LogP contribution in [0, 0.1) is 0 Å². The number of nitrogens with zero attached hydrogens (tertiary/aromatic N) is 2. The third-order valence-corrected chi connectivity index (χ3v) is 3.91. The third kappa shape index (κ3) is 4.21. The van der Waals surface area contributed by atoms with Gasteiger partial charge in [0.2, 0.25) is 0 Å². The second-order valence-electron chi connectivity index (χ2n) is 3.85. The molecular weight excluding hydrogens is 272 g/mol. The molecule has 0 spiro atoms. The van der Waals surface area contributed by atoms with E-state index in [1.807, 2.05) is 0 Å². The van der Waals surface area contributed by atoms with Crippen LogP contribution in [-0.4, -0.2) is 37.1 Å². The van der Waals surface area contributed by atoms with Crippen molar-refractivity contribution in [3.63, 3.8) is 0 Å². The van der Waals surface area contributed by atoms with Gasteiger partial charge in [0.15, 0.2) is 10.8 Å². The number of imidazole rings is 1. The quantitative estimate of drug-likeness (QED) is 0.522. The molecule has 0 atom stereocenters. The van der Waals surface area contributed by atoms with Crippen molar-refractivity contribution in [1.29, 1.82) is 0 Å². The molecule has 8 nitrogen and oxygen atoms in total. The summed E-state index contributed by atoms with van der Waals surface area (Å²) in [5, 5.41) is -0.0800. The van der Waals surface area contributed by atoms with Crippen molar-refractivity contribution in [3.8, 4) is 0 Å². The van der Waals surface area contributed by atoms with E-state index in [4.69, 9.17) is 10.5 Å². The molecule has 1 heterocycles. The molecule has 1 aromatic heterocycles. The highest BCUT2D eigenvalue weighted by Crippen LogP contribution is 2.14. The first-order chi connectivity index (χ1) is 8.88. The summed E-state index contributed by atoms with van der Waals surface area (Å²) in [6, 6.07) is 0. The van der Waals surface area contributed by atoms with E-state index in [2.05, 4.69) is 9.71 Å². The van der Waals surface area contributed by atoms with Gasteiger partial charge in [0.1, 0.15) is 0 Å². The van der Waals surface area contributed by atoms with E-state index in [0.717, 1.165) is 0 Å². The Morgan fingerprint density at radius 3 is 2.79 bits per heavy atom. The standard InChI is InChI=1S/C10H18N4O4S/c1-3-18-8(15)5-4-6-13-19(16,17)10-9(11)12-7-14(10)2/h7,13H,3-6,11H2,1-2H3. The number of rotatable bonds is 7. The Labute approximate surface area is 112 Å². The summed E-state index contributed by atoms with van der Waals surface area (Å²) in [4.78, 5) is 14.8. The molecule has 0 aromatic carbocycles. The Balaban J connectivity index is 2.51. The Hall–Kier alpha value is -1.61. The van der Waals surface area contributed by atoms with Crippen molar-refractivity contribution in [2.75, 3.05) is 18.9 Å². The average molecular weight is 290 g/mol. The van der Waals surface area contributed by atoms with Crippen molar-refractivity contribution in [3.05, 3.63) is 6.33 Å². The van der Waals surface area contributed by atoms with Gasteiger partial charge < -0.3 is 15.0 Å². The zero-order chi connectivity index (χ0) is 14.5. The number of anilines is 1. The van der Waals surface area contributed by atoms with Crippen molar-refractivity contribution in [1.82, 2.24) is 14.3 Å². The van der Waals surface area contributed by atoms with Crippen LogP contribution in [0.4, 0.5) is 5.82 Å². The molecule has 0 saturated heterocycles. The smallest absolute Gasteiger partial charge is 0.305 e. The number of carbonyl (C=O) groups excluding carboxylic acids is 1. The number of nitrogen functional groups attached to an aromatic ring is 1. The maximum absolute atomic E-state index is 11.9. The highest BCUT2D eigenvalue weighted by Gasteiger charge is 2.21. The van der Waals surface area contributed by atoms with E-state index < -0.39 is 10.0 Å². The van der Waals surface area contributed by atoms with E-state index in [1.54, 1.807) is 6.92 Å². The predicted molar refractivity (Wildman–Crippen MR) is 68.7 cm³/mol. The molecule has 1 rings (SSSR count). The van der Waals surface area contributed by atoms with Gasteiger partial charge in [-0.25, -0.2) is 18.1 Å². The van der Waals surface area contributed by atoms with Gasteiger partial charge in [-0.1, -0.05) is 0 Å². The molecule has 0 unspecified atom stereocenters. The fraction of sp³-hybridized carbons (Fsp3) is 0.600. The van der Waals surface area contributed by atoms with Gasteiger partial charge in [0, 0.05) is 20.0 Å². The summed E-state index contributed by atoms with van der Waals surface area (Å²) in [6.45, 7) is 2.16. The summed E-state index contributed by atoms with van der Waals surface area (Å²) in [7, 11) is -2.18. The summed E-state index contributed by atoms with van der Waals surface area (Å²) in [6.07, 6.45) is 1.84. The largest absolute Gasteiger partial charge is 0.466 e. The van der Waals surface area contributed by atoms with E-state index >= 15 is 0 Å². The number of aromatic nitrogens is 2. The Morgan fingerprint density at radius 2 is 2.26 bits per heavy atom. The normalized spacial score (nSPS) is 11.5. The van der Waals surface area contributed by atoms with Gasteiger partial charge in [-0.05, 0) is 13.3 Å². The lowest BCUT2D eigenvalue weighted by Crippen LogP contribution is -2.27. The monoisotopic (exact) mass is 290 g/mol. The molecule has 0 bridgehead atoms. The van der Waals surface area contributed by atoms with Crippen LogP contribution >= 0.6 is 0 Å². The highest BCUT2D eigenvalue weighted by molar-refractivity contribution is 7.89. The Morgan fingerprint density at radius 1 is 1.58 bits per heavy atom. The molecule has 0 fully saturated rings. The first-order valence-corrected chi connectivity index (χ1v) is 7.29. The van der Waals surface area contributed by atoms with Crippen LogP contribution in [0.3, 0.4) is 0 Å². The lowest BCUT2D eigenvalue weighted by atomic mass is 10.3. The third-order valence-electron chi connectivity index (χ3n) is 2.32. The molecular formula is C10H18N4O4S. The molecule has 3 N–H and O–H groups in total. The first-order valence-electron chi connectivity index (χ1n) is 5.80. The summed E-state index contributed by atoms with van der Waals surface area (Å²) < 4.78 is 32.3. The maximum Gasteiger partial charge on any atom is 0.305 e. The van der Waals surface area contributed by atoms with Crippen LogP contribution in [0.2, 0.25) is 0 Å². The van der Waals surface area contributed by atoms with Crippen molar-refractivity contribution in [2.45, 2.75) is 24.8 Å².